The van der Waals surface area contributed by atoms with Crippen molar-refractivity contribution in [3.8, 4) is 0 Å². The zero-order valence-corrected chi connectivity index (χ0v) is 59.8. The Balaban J connectivity index is 0.000000172. The normalized spacial score (nSPS) is 9.99. The van der Waals surface area contributed by atoms with Gasteiger partial charge in [0.1, 0.15) is 47.7 Å². The fraction of sp³-hybridized carbons (Fsp3) is 0. The van der Waals surface area contributed by atoms with E-state index in [0.717, 1.165) is 0 Å². The summed E-state index contributed by atoms with van der Waals surface area (Å²) in [6.45, 7) is 0. The Hall–Kier alpha value is -5.93. The van der Waals surface area contributed by atoms with E-state index in [9.17, 15) is 0 Å². The Morgan fingerprint density at radius 1 is 0.128 bits per heavy atom. The molecular weight excluding hydrogens is 1680 g/mol. The van der Waals surface area contributed by atoms with Crippen molar-refractivity contribution < 1.29 is 63.2 Å². The molecule has 0 radical (unpaired) electrons. The van der Waals surface area contributed by atoms with Gasteiger partial charge in [0.05, 0.1) is 62.1 Å². The second-order valence-electron chi connectivity index (χ2n) is 19.4. The Morgan fingerprint density at radius 2 is 0.221 bits per heavy atom. The molecule has 0 unspecified atom stereocenters. The van der Waals surface area contributed by atoms with E-state index in [0.29, 0.717) is 0 Å². The third-order valence-electron chi connectivity index (χ3n) is 13.4. The number of rotatable bonds is 13. The van der Waals surface area contributed by atoms with Crippen LogP contribution in [0.1, 0.15) is 0 Å². The third kappa shape index (κ3) is 23.0. The molecule has 13 aromatic carbocycles. The quantitative estimate of drug-likeness (QED) is 0.101. The van der Waals surface area contributed by atoms with E-state index < -0.39 is 23.8 Å². The van der Waals surface area contributed by atoms with Crippen LogP contribution >= 0.6 is 40.9 Å². The summed E-state index contributed by atoms with van der Waals surface area (Å²) >= 11 is 0. The predicted octanol–water partition coefficient (Wildman–Crippen LogP) is 13.6. The van der Waals surface area contributed by atoms with Crippen molar-refractivity contribution in [2.45, 2.75) is 0 Å². The predicted molar refractivity (Wildman–Crippen MR) is 383 cm³/mol. The molecule has 0 aliphatic carbocycles. The van der Waals surface area contributed by atoms with Crippen LogP contribution in [0.2, 0.25) is 0 Å². The van der Waals surface area contributed by atoms with Gasteiger partial charge in [-0.25, -0.2) is 0 Å². The minimum Gasteiger partial charge on any atom is -0.0620 e. The fourth-order valence-corrected chi connectivity index (χ4v) is 19.7. The Kier molecular flexibility index (Phi) is 32.6. The maximum absolute atomic E-state index is 2.24. The zero-order valence-electron chi connectivity index (χ0n) is 47.6. The first-order valence-corrected chi connectivity index (χ1v) is 35.1. The summed E-state index contributed by atoms with van der Waals surface area (Å²) < 4.78 is 0. The van der Waals surface area contributed by atoms with Gasteiger partial charge in [0, 0.05) is 63.2 Å². The number of benzene rings is 13. The van der Waals surface area contributed by atoms with Gasteiger partial charge in [-0.05, 0) is 158 Å². The molecule has 8 heteroatoms. The van der Waals surface area contributed by atoms with Crippen molar-refractivity contribution in [2.24, 2.45) is 0 Å². The van der Waals surface area contributed by atoms with Gasteiger partial charge in [-0.15, -0.1) is 0 Å². The van der Waals surface area contributed by atoms with E-state index in [1.165, 1.54) is 69.0 Å². The molecular formula is C78H72P5Pt3+5. The van der Waals surface area contributed by atoms with Crippen LogP contribution in [-0.4, -0.2) is 0 Å². The molecule has 0 saturated carbocycles. The first-order valence-electron chi connectivity index (χ1n) is 28.2. The molecule has 0 fully saturated rings. The van der Waals surface area contributed by atoms with Crippen LogP contribution in [0.3, 0.4) is 0 Å². The van der Waals surface area contributed by atoms with Crippen molar-refractivity contribution in [1.82, 2.24) is 0 Å². The average Bonchev–Trinajstić information content (AvgIpc) is 2.53. The van der Waals surface area contributed by atoms with Gasteiger partial charge in [-0.3, -0.25) is 0 Å². The molecule has 0 atom stereocenters. The molecule has 0 bridgehead atoms. The monoisotopic (exact) mass is 1750 g/mol. The third-order valence-corrected chi connectivity index (χ3v) is 24.5. The summed E-state index contributed by atoms with van der Waals surface area (Å²) in [5.74, 6) is 0. The molecule has 0 nitrogen and oxygen atoms in total. The van der Waals surface area contributed by atoms with Crippen LogP contribution in [0.5, 0.6) is 0 Å². The summed E-state index contributed by atoms with van der Waals surface area (Å²) in [4.78, 5) is 0. The minimum absolute atomic E-state index is 0. The molecule has 0 aliphatic heterocycles. The molecule has 0 amide bonds. The first kappa shape index (κ1) is 69.2. The maximum atomic E-state index is 2.24. The van der Waals surface area contributed by atoms with Crippen LogP contribution < -0.4 is 69.0 Å². The van der Waals surface area contributed by atoms with Gasteiger partial charge in [-0.2, -0.15) is 0 Å². The SMILES string of the molecule is [Pt].[Pt].[Pt].c1ccc([PH+](c2ccccc2)c2ccccc2)cc1.c1ccc([PH+](c2ccccc2)c2ccccc2)cc1.c1ccc([PH+](c2ccccc2)c2ccccc2)cc1.c1ccc([PH2+]c2ccccc2)cc1.c1ccc([PH2+]c2ccccc2)cc1. The second kappa shape index (κ2) is 40.5. The van der Waals surface area contributed by atoms with Crippen LogP contribution in [0, 0.1) is 0 Å². The maximum Gasteiger partial charge on any atom is 0.102 e. The van der Waals surface area contributed by atoms with Gasteiger partial charge in [0.2, 0.25) is 0 Å². The van der Waals surface area contributed by atoms with Gasteiger partial charge in [0.15, 0.2) is 0 Å². The van der Waals surface area contributed by atoms with Crippen LogP contribution in [-0.2, 0) is 63.2 Å². The molecule has 0 aromatic heterocycles. The van der Waals surface area contributed by atoms with Gasteiger partial charge < -0.3 is 0 Å². The van der Waals surface area contributed by atoms with Crippen molar-refractivity contribution in [1.29, 1.82) is 0 Å². The largest absolute Gasteiger partial charge is 0.102 e. The van der Waals surface area contributed by atoms with E-state index in [1.54, 1.807) is 0 Å². The Bertz CT molecular complexity index is 3030. The molecule has 0 heterocycles. The number of hydrogen-bond donors (Lipinski definition) is 0. The van der Waals surface area contributed by atoms with E-state index in [4.69, 9.17) is 0 Å². The molecule has 0 spiro atoms. The average molecular weight is 1750 g/mol. The molecule has 13 aromatic rings. The van der Waals surface area contributed by atoms with Crippen LogP contribution in [0.15, 0.2) is 394 Å². The van der Waals surface area contributed by atoms with E-state index in [2.05, 4.69) is 394 Å². The first-order chi connectivity index (χ1) is 41.2. The van der Waals surface area contributed by atoms with Crippen molar-refractivity contribution in [3.63, 3.8) is 0 Å². The minimum atomic E-state index is -0.877. The standard InChI is InChI=1S/3C18H15P.2C12H11P.3Pt/c3*1-4-10-16(11-5-1)19(17-12-6-2-7-13-17)18-14-8-3-9-15-18;2*1-3-7-11(8-4-1)13-12-9-5-2-6-10-12;;;/h3*1-15H;2*1-10,13H;;;/p+5. The van der Waals surface area contributed by atoms with Crippen molar-refractivity contribution in [2.75, 3.05) is 0 Å². The fourth-order valence-electron chi connectivity index (χ4n) is 9.53. The summed E-state index contributed by atoms with van der Waals surface area (Å²) in [7, 11) is -2.09. The summed E-state index contributed by atoms with van der Waals surface area (Å²) in [6, 6.07) is 140. The molecule has 0 aliphatic rings. The molecule has 0 saturated heterocycles. The zero-order chi connectivity index (χ0) is 56.6. The van der Waals surface area contributed by atoms with Crippen molar-refractivity contribution >= 4 is 110 Å². The number of hydrogen-bond acceptors (Lipinski definition) is 0. The van der Waals surface area contributed by atoms with E-state index in [1.807, 2.05) is 0 Å². The Labute approximate surface area is 562 Å². The summed E-state index contributed by atoms with van der Waals surface area (Å²) in [6.07, 6.45) is 0. The van der Waals surface area contributed by atoms with Gasteiger partial charge in [-0.1, -0.05) is 237 Å². The van der Waals surface area contributed by atoms with E-state index in [-0.39, 0.29) is 80.4 Å². The van der Waals surface area contributed by atoms with Crippen molar-refractivity contribution in [3.05, 3.63) is 394 Å². The smallest absolute Gasteiger partial charge is 0.0620 e. The van der Waals surface area contributed by atoms with Gasteiger partial charge >= 0.3 is 0 Å². The topological polar surface area (TPSA) is 0 Å². The van der Waals surface area contributed by atoms with Crippen LogP contribution in [0.4, 0.5) is 0 Å². The van der Waals surface area contributed by atoms with Gasteiger partial charge in [0.25, 0.3) is 0 Å². The summed E-state index contributed by atoms with van der Waals surface area (Å²) in [5.41, 5.74) is 0. The Morgan fingerprint density at radius 3 is 0.326 bits per heavy atom. The summed E-state index contributed by atoms with van der Waals surface area (Å²) in [5, 5.41) is 18.7. The molecule has 13 rings (SSSR count). The molecule has 86 heavy (non-hydrogen) atoms. The molecule has 0 N–H and O–H groups in total. The molecule has 434 valence electrons. The second-order valence-corrected chi connectivity index (χ2v) is 30.0. The van der Waals surface area contributed by atoms with E-state index >= 15 is 0 Å². The van der Waals surface area contributed by atoms with Crippen LogP contribution in [0.25, 0.3) is 0 Å².